The average molecular weight is 355 g/mol. The largest absolute Gasteiger partial charge is 0.481 e. The van der Waals surface area contributed by atoms with Crippen LogP contribution in [-0.2, 0) is 11.2 Å². The maximum Gasteiger partial charge on any atom is 0.314 e. The highest BCUT2D eigenvalue weighted by Crippen LogP contribution is 2.25. The number of hydrogen-bond acceptors (Lipinski definition) is 4. The maximum absolute atomic E-state index is 13.7. The first-order chi connectivity index (χ1) is 10.0. The summed E-state index contributed by atoms with van der Waals surface area (Å²) in [5.41, 5.74) is 0.301. The van der Waals surface area contributed by atoms with Crippen LogP contribution in [0, 0.1) is 5.82 Å². The van der Waals surface area contributed by atoms with Crippen molar-refractivity contribution in [3.8, 4) is 5.88 Å². The predicted molar refractivity (Wildman–Crippen MR) is 76.8 cm³/mol. The Bertz CT molecular complexity index is 666. The van der Waals surface area contributed by atoms with Crippen LogP contribution < -0.4 is 4.74 Å². The van der Waals surface area contributed by atoms with Crippen molar-refractivity contribution in [1.82, 2.24) is 9.97 Å². The molecule has 0 bridgehead atoms. The molecule has 21 heavy (non-hydrogen) atoms. The number of carboxylic acids is 1. The van der Waals surface area contributed by atoms with E-state index in [1.54, 1.807) is 18.2 Å². The molecule has 5 nitrogen and oxygen atoms in total. The number of nitrogens with zero attached hydrogens (tertiary/aromatic N) is 2. The van der Waals surface area contributed by atoms with E-state index in [4.69, 9.17) is 4.74 Å². The number of carbonyl (C=O) groups is 1. The van der Waals surface area contributed by atoms with Crippen molar-refractivity contribution in [2.45, 2.75) is 12.3 Å². The van der Waals surface area contributed by atoms with Crippen molar-refractivity contribution >= 4 is 21.9 Å². The molecule has 0 aliphatic rings. The van der Waals surface area contributed by atoms with Crippen molar-refractivity contribution in [3.63, 3.8) is 0 Å². The number of hydrogen-bond donors (Lipinski definition) is 1. The Balaban J connectivity index is 2.36. The lowest BCUT2D eigenvalue weighted by Gasteiger charge is -2.13. The highest BCUT2D eigenvalue weighted by Gasteiger charge is 2.25. The molecule has 1 unspecified atom stereocenters. The van der Waals surface area contributed by atoms with Crippen LogP contribution in [0.2, 0.25) is 0 Å². The van der Waals surface area contributed by atoms with Crippen molar-refractivity contribution in [3.05, 3.63) is 52.1 Å². The van der Waals surface area contributed by atoms with Gasteiger partial charge >= 0.3 is 5.97 Å². The second-order valence-corrected chi connectivity index (χ2v) is 5.13. The van der Waals surface area contributed by atoms with Crippen LogP contribution in [-0.4, -0.2) is 28.2 Å². The molecule has 7 heteroatoms. The zero-order valence-electron chi connectivity index (χ0n) is 11.1. The molecule has 0 amide bonds. The van der Waals surface area contributed by atoms with E-state index < -0.39 is 17.7 Å². The second kappa shape index (κ2) is 6.62. The maximum atomic E-state index is 13.7. The van der Waals surface area contributed by atoms with E-state index in [0.29, 0.717) is 10.0 Å². The van der Waals surface area contributed by atoms with Gasteiger partial charge in [0.1, 0.15) is 17.6 Å². The molecule has 0 radical (unpaired) electrons. The lowest BCUT2D eigenvalue weighted by atomic mass is 9.98. The highest BCUT2D eigenvalue weighted by atomic mass is 79.9. The van der Waals surface area contributed by atoms with Crippen LogP contribution in [0.4, 0.5) is 4.39 Å². The first-order valence-electron chi connectivity index (χ1n) is 6.05. The second-order valence-electron chi connectivity index (χ2n) is 4.27. The Labute approximate surface area is 128 Å². The predicted octanol–water partition coefficient (Wildman–Crippen LogP) is 2.80. The van der Waals surface area contributed by atoms with E-state index in [0.717, 1.165) is 0 Å². The van der Waals surface area contributed by atoms with Gasteiger partial charge in [-0.15, -0.1) is 0 Å². The summed E-state index contributed by atoms with van der Waals surface area (Å²) < 4.78 is 19.2. The van der Waals surface area contributed by atoms with Crippen LogP contribution in [0.3, 0.4) is 0 Å². The number of rotatable bonds is 5. The molecule has 1 heterocycles. The minimum Gasteiger partial charge on any atom is -0.481 e. The fourth-order valence-corrected chi connectivity index (χ4v) is 2.20. The molecule has 1 atom stereocenters. The Morgan fingerprint density at radius 3 is 2.81 bits per heavy atom. The molecule has 2 aromatic rings. The van der Waals surface area contributed by atoms with Gasteiger partial charge in [-0.25, -0.2) is 9.37 Å². The van der Waals surface area contributed by atoms with Gasteiger partial charge in [0.2, 0.25) is 5.88 Å². The van der Waals surface area contributed by atoms with E-state index in [1.165, 1.54) is 19.4 Å². The van der Waals surface area contributed by atoms with Gasteiger partial charge in [0.15, 0.2) is 0 Å². The molecular formula is C14H12BrFN2O3. The number of methoxy groups -OCH3 is 1. The van der Waals surface area contributed by atoms with Crippen molar-refractivity contribution in [1.29, 1.82) is 0 Å². The highest BCUT2D eigenvalue weighted by molar-refractivity contribution is 9.10. The minimum absolute atomic E-state index is 0.0349. The number of aromatic nitrogens is 2. The lowest BCUT2D eigenvalue weighted by molar-refractivity contribution is -0.139. The number of halogens is 2. The Hall–Kier alpha value is -2.02. The number of aliphatic carboxylic acids is 1. The van der Waals surface area contributed by atoms with Gasteiger partial charge in [-0.05, 0) is 34.0 Å². The molecule has 0 aliphatic heterocycles. The third-order valence-electron chi connectivity index (χ3n) is 2.92. The molecule has 1 aromatic carbocycles. The van der Waals surface area contributed by atoms with Crippen molar-refractivity contribution in [2.75, 3.05) is 7.11 Å². The van der Waals surface area contributed by atoms with E-state index in [2.05, 4.69) is 25.9 Å². The third-order valence-corrected chi connectivity index (χ3v) is 3.46. The molecule has 0 saturated heterocycles. The normalized spacial score (nSPS) is 12.0. The SMILES string of the molecule is COc1nc(C(Cc2ccccc2F)C(=O)O)ncc1Br. The summed E-state index contributed by atoms with van der Waals surface area (Å²) in [6.07, 6.45) is 1.38. The fourth-order valence-electron chi connectivity index (χ4n) is 1.85. The van der Waals surface area contributed by atoms with Crippen LogP contribution in [0.1, 0.15) is 17.3 Å². The zero-order valence-corrected chi connectivity index (χ0v) is 12.7. The summed E-state index contributed by atoms with van der Waals surface area (Å²) in [5, 5.41) is 9.36. The van der Waals surface area contributed by atoms with E-state index in [1.807, 2.05) is 0 Å². The topological polar surface area (TPSA) is 72.3 Å². The fraction of sp³-hybridized carbons (Fsp3) is 0.214. The van der Waals surface area contributed by atoms with Crippen molar-refractivity contribution < 1.29 is 19.0 Å². The van der Waals surface area contributed by atoms with Gasteiger partial charge in [0, 0.05) is 6.20 Å². The summed E-state index contributed by atoms with van der Waals surface area (Å²) in [6, 6.07) is 6.03. The summed E-state index contributed by atoms with van der Waals surface area (Å²) in [5.74, 6) is -2.31. The minimum atomic E-state index is -1.12. The molecule has 0 fully saturated rings. The van der Waals surface area contributed by atoms with Gasteiger partial charge < -0.3 is 9.84 Å². The Morgan fingerprint density at radius 2 is 2.19 bits per heavy atom. The monoisotopic (exact) mass is 354 g/mol. The van der Waals surface area contributed by atoms with Crippen LogP contribution in [0.5, 0.6) is 5.88 Å². The molecule has 1 N–H and O–H groups in total. The summed E-state index contributed by atoms with van der Waals surface area (Å²) in [7, 11) is 1.42. The van der Waals surface area contributed by atoms with E-state index >= 15 is 0 Å². The van der Waals surface area contributed by atoms with Gasteiger partial charge in [-0.1, -0.05) is 18.2 Å². The Kier molecular flexibility index (Phi) is 4.85. The molecule has 2 rings (SSSR count). The number of carboxylic acid groups (broad SMARTS) is 1. The number of ether oxygens (including phenoxy) is 1. The quantitative estimate of drug-likeness (QED) is 0.893. The molecule has 0 aliphatic carbocycles. The van der Waals surface area contributed by atoms with Gasteiger partial charge in [-0.2, -0.15) is 4.98 Å². The standard InChI is InChI=1S/C14H12BrFN2O3/c1-21-13-10(15)7-17-12(18-13)9(14(19)20)6-8-4-2-3-5-11(8)16/h2-5,7,9H,6H2,1H3,(H,19,20). The molecule has 110 valence electrons. The van der Waals surface area contributed by atoms with Crippen LogP contribution >= 0.6 is 15.9 Å². The Morgan fingerprint density at radius 1 is 1.48 bits per heavy atom. The summed E-state index contributed by atoms with van der Waals surface area (Å²) >= 11 is 3.20. The molecular weight excluding hydrogens is 343 g/mol. The van der Waals surface area contributed by atoms with Crippen LogP contribution in [0.15, 0.2) is 34.9 Å². The lowest BCUT2D eigenvalue weighted by Crippen LogP contribution is -2.18. The third kappa shape index (κ3) is 3.55. The molecule has 0 saturated carbocycles. The van der Waals surface area contributed by atoms with Crippen molar-refractivity contribution in [2.24, 2.45) is 0 Å². The van der Waals surface area contributed by atoms with Crippen LogP contribution in [0.25, 0.3) is 0 Å². The number of benzene rings is 1. The molecule has 0 spiro atoms. The first-order valence-corrected chi connectivity index (χ1v) is 6.85. The molecule has 1 aromatic heterocycles. The smallest absolute Gasteiger partial charge is 0.314 e. The van der Waals surface area contributed by atoms with E-state index in [-0.39, 0.29) is 18.1 Å². The summed E-state index contributed by atoms with van der Waals surface area (Å²) in [4.78, 5) is 19.5. The zero-order chi connectivity index (χ0) is 15.4. The summed E-state index contributed by atoms with van der Waals surface area (Å²) in [6.45, 7) is 0. The van der Waals surface area contributed by atoms with Gasteiger partial charge in [0.25, 0.3) is 0 Å². The average Bonchev–Trinajstić information content (AvgIpc) is 2.47. The first kappa shape index (κ1) is 15.4. The van der Waals surface area contributed by atoms with E-state index in [9.17, 15) is 14.3 Å². The van der Waals surface area contributed by atoms with Gasteiger partial charge in [-0.3, -0.25) is 4.79 Å². The van der Waals surface area contributed by atoms with Gasteiger partial charge in [0.05, 0.1) is 11.6 Å².